The monoisotopic (exact) mass is 348 g/mol. The van der Waals surface area contributed by atoms with Crippen LogP contribution in [0, 0.1) is 0 Å². The summed E-state index contributed by atoms with van der Waals surface area (Å²) in [6.45, 7) is 0. The van der Waals surface area contributed by atoms with Gasteiger partial charge in [-0.25, -0.2) is 4.98 Å². The molecule has 1 aromatic carbocycles. The molecule has 8 heteroatoms. The third kappa shape index (κ3) is 5.49. The SMILES string of the molecule is COc1cccc(-c2ccnc(-c3ncco3)c2)c1.CS(=O)(=O)O. The summed E-state index contributed by atoms with van der Waals surface area (Å²) >= 11 is 0. The molecule has 1 N–H and O–H groups in total. The summed E-state index contributed by atoms with van der Waals surface area (Å²) in [6, 6.07) is 11.8. The highest BCUT2D eigenvalue weighted by molar-refractivity contribution is 7.85. The van der Waals surface area contributed by atoms with E-state index in [2.05, 4.69) is 9.97 Å². The average molecular weight is 348 g/mol. The van der Waals surface area contributed by atoms with Crippen molar-refractivity contribution in [3.8, 4) is 28.5 Å². The molecule has 0 fully saturated rings. The number of hydrogen-bond acceptors (Lipinski definition) is 6. The Morgan fingerprint density at radius 3 is 2.42 bits per heavy atom. The molecule has 0 spiro atoms. The van der Waals surface area contributed by atoms with Gasteiger partial charge in [0.15, 0.2) is 0 Å². The predicted octanol–water partition coefficient (Wildman–Crippen LogP) is 2.92. The zero-order chi connectivity index (χ0) is 17.6. The second kappa shape index (κ2) is 7.71. The Kier molecular flexibility index (Phi) is 5.67. The minimum Gasteiger partial charge on any atom is -0.497 e. The molecule has 0 unspecified atom stereocenters. The molecule has 0 aliphatic heterocycles. The van der Waals surface area contributed by atoms with Crippen molar-refractivity contribution in [2.45, 2.75) is 0 Å². The van der Waals surface area contributed by atoms with E-state index in [1.165, 1.54) is 6.26 Å². The van der Waals surface area contributed by atoms with E-state index < -0.39 is 10.1 Å². The van der Waals surface area contributed by atoms with Gasteiger partial charge in [-0.3, -0.25) is 9.54 Å². The standard InChI is InChI=1S/C15H12N2O2.CH4O3S/c1-18-13-4-2-3-11(9-13)12-5-6-16-14(10-12)15-17-7-8-19-15;1-5(2,3)4/h2-10H,1H3;1H3,(H,2,3,4). The van der Waals surface area contributed by atoms with Crippen molar-refractivity contribution in [1.29, 1.82) is 0 Å². The van der Waals surface area contributed by atoms with Gasteiger partial charge in [-0.15, -0.1) is 0 Å². The van der Waals surface area contributed by atoms with Crippen LogP contribution in [0.25, 0.3) is 22.7 Å². The highest BCUT2D eigenvalue weighted by atomic mass is 32.2. The normalized spacial score (nSPS) is 10.6. The van der Waals surface area contributed by atoms with Gasteiger partial charge in [-0.2, -0.15) is 8.42 Å². The van der Waals surface area contributed by atoms with Gasteiger partial charge in [0.2, 0.25) is 5.89 Å². The molecule has 3 aromatic rings. The van der Waals surface area contributed by atoms with E-state index in [0.29, 0.717) is 17.8 Å². The highest BCUT2D eigenvalue weighted by Crippen LogP contribution is 2.26. The molecule has 0 aliphatic rings. The topological polar surface area (TPSA) is 103 Å². The Labute approximate surface area is 139 Å². The van der Waals surface area contributed by atoms with Crippen molar-refractivity contribution >= 4 is 10.1 Å². The fourth-order valence-corrected chi connectivity index (χ4v) is 1.88. The first-order valence-corrected chi connectivity index (χ1v) is 8.64. The van der Waals surface area contributed by atoms with Gasteiger partial charge in [0.25, 0.3) is 10.1 Å². The maximum Gasteiger partial charge on any atom is 0.261 e. The zero-order valence-corrected chi connectivity index (χ0v) is 13.9. The van der Waals surface area contributed by atoms with Gasteiger partial charge in [-0.1, -0.05) is 12.1 Å². The van der Waals surface area contributed by atoms with Crippen molar-refractivity contribution in [1.82, 2.24) is 9.97 Å². The lowest BCUT2D eigenvalue weighted by atomic mass is 10.1. The van der Waals surface area contributed by atoms with E-state index in [-0.39, 0.29) is 0 Å². The fourth-order valence-electron chi connectivity index (χ4n) is 1.88. The number of hydrogen-bond donors (Lipinski definition) is 1. The summed E-state index contributed by atoms with van der Waals surface area (Å²) in [7, 11) is -2.01. The second-order valence-electron chi connectivity index (χ2n) is 4.73. The van der Waals surface area contributed by atoms with E-state index in [4.69, 9.17) is 13.7 Å². The number of aromatic nitrogens is 2. The molecule has 0 bridgehead atoms. The van der Waals surface area contributed by atoms with Crippen LogP contribution >= 0.6 is 0 Å². The summed E-state index contributed by atoms with van der Waals surface area (Å²) in [6.07, 6.45) is 5.60. The van der Waals surface area contributed by atoms with Crippen LogP contribution in [0.5, 0.6) is 5.75 Å². The Hall–Kier alpha value is -2.71. The minimum absolute atomic E-state index is 0.518. The maximum absolute atomic E-state index is 9.19. The van der Waals surface area contributed by atoms with Crippen molar-refractivity contribution in [3.63, 3.8) is 0 Å². The Morgan fingerprint density at radius 1 is 1.08 bits per heavy atom. The summed E-state index contributed by atoms with van der Waals surface area (Å²) < 4.78 is 36.4. The number of nitrogens with zero attached hydrogens (tertiary/aromatic N) is 2. The first-order valence-electron chi connectivity index (χ1n) is 6.79. The molecule has 0 radical (unpaired) electrons. The minimum atomic E-state index is -3.67. The largest absolute Gasteiger partial charge is 0.497 e. The molecule has 24 heavy (non-hydrogen) atoms. The molecule has 0 saturated heterocycles. The van der Waals surface area contributed by atoms with Crippen molar-refractivity contribution in [2.75, 3.05) is 13.4 Å². The summed E-state index contributed by atoms with van der Waals surface area (Å²) in [5.41, 5.74) is 2.82. The van der Waals surface area contributed by atoms with Gasteiger partial charge in [0, 0.05) is 6.20 Å². The first-order chi connectivity index (χ1) is 11.4. The second-order valence-corrected chi connectivity index (χ2v) is 6.20. The number of benzene rings is 1. The zero-order valence-electron chi connectivity index (χ0n) is 13.1. The Balaban J connectivity index is 0.000000368. The molecular formula is C16H16N2O5S. The molecule has 3 rings (SSSR count). The maximum atomic E-state index is 9.19. The first kappa shape index (κ1) is 17.6. The number of oxazole rings is 1. The number of pyridine rings is 1. The van der Waals surface area contributed by atoms with Crippen molar-refractivity contribution < 1.29 is 22.1 Å². The van der Waals surface area contributed by atoms with Crippen molar-refractivity contribution in [3.05, 3.63) is 55.1 Å². The molecule has 0 amide bonds. The average Bonchev–Trinajstić information content (AvgIpc) is 3.08. The van der Waals surface area contributed by atoms with Crippen LogP contribution in [0.1, 0.15) is 0 Å². The summed E-state index contributed by atoms with van der Waals surface area (Å²) in [5.74, 6) is 1.34. The van der Waals surface area contributed by atoms with E-state index in [9.17, 15) is 8.42 Å². The third-order valence-corrected chi connectivity index (χ3v) is 2.81. The third-order valence-electron chi connectivity index (χ3n) is 2.81. The van der Waals surface area contributed by atoms with E-state index in [1.807, 2.05) is 36.4 Å². The van der Waals surface area contributed by atoms with Crippen LogP contribution in [0.3, 0.4) is 0 Å². The fraction of sp³-hybridized carbons (Fsp3) is 0.125. The van der Waals surface area contributed by atoms with Crippen LogP contribution < -0.4 is 4.74 Å². The van der Waals surface area contributed by atoms with Gasteiger partial charge >= 0.3 is 0 Å². The van der Waals surface area contributed by atoms with Crippen LogP contribution in [-0.4, -0.2) is 36.3 Å². The van der Waals surface area contributed by atoms with Gasteiger partial charge in [-0.05, 0) is 35.4 Å². The molecule has 0 saturated carbocycles. The van der Waals surface area contributed by atoms with Gasteiger partial charge < -0.3 is 9.15 Å². The Bertz CT molecular complexity index is 884. The molecule has 0 atom stereocenters. The van der Waals surface area contributed by atoms with Gasteiger partial charge in [0.1, 0.15) is 17.7 Å². The van der Waals surface area contributed by atoms with Crippen LogP contribution in [0.4, 0.5) is 0 Å². The van der Waals surface area contributed by atoms with Crippen molar-refractivity contribution in [2.24, 2.45) is 0 Å². The van der Waals surface area contributed by atoms with Crippen LogP contribution in [0.15, 0.2) is 59.5 Å². The summed E-state index contributed by atoms with van der Waals surface area (Å²) in [5, 5.41) is 0. The lowest BCUT2D eigenvalue weighted by Gasteiger charge is -2.05. The van der Waals surface area contributed by atoms with Crippen LogP contribution in [0.2, 0.25) is 0 Å². The number of rotatable bonds is 3. The van der Waals surface area contributed by atoms with E-state index in [0.717, 1.165) is 16.9 Å². The molecule has 7 nitrogen and oxygen atoms in total. The quantitative estimate of drug-likeness (QED) is 0.726. The number of methoxy groups -OCH3 is 1. The Morgan fingerprint density at radius 2 is 1.79 bits per heavy atom. The smallest absolute Gasteiger partial charge is 0.261 e. The highest BCUT2D eigenvalue weighted by Gasteiger charge is 2.06. The molecule has 2 aromatic heterocycles. The van der Waals surface area contributed by atoms with E-state index in [1.54, 1.807) is 19.5 Å². The molecule has 2 heterocycles. The van der Waals surface area contributed by atoms with Crippen LogP contribution in [-0.2, 0) is 10.1 Å². The number of ether oxygens (including phenoxy) is 1. The molecule has 126 valence electrons. The van der Waals surface area contributed by atoms with Gasteiger partial charge in [0.05, 0.1) is 19.6 Å². The van der Waals surface area contributed by atoms with E-state index >= 15 is 0 Å². The summed E-state index contributed by atoms with van der Waals surface area (Å²) in [4.78, 5) is 8.36. The molecular weight excluding hydrogens is 332 g/mol. The lowest BCUT2D eigenvalue weighted by molar-refractivity contribution is 0.415. The predicted molar refractivity (Wildman–Crippen MR) is 89.2 cm³/mol. The molecule has 0 aliphatic carbocycles. The lowest BCUT2D eigenvalue weighted by Crippen LogP contribution is -1.88.